The highest BCUT2D eigenvalue weighted by Crippen LogP contribution is 2.17. The molecule has 2 N–H and O–H groups in total. The Morgan fingerprint density at radius 1 is 0.815 bits per heavy atom. The highest BCUT2D eigenvalue weighted by atomic mass is 15.3. The molecule has 2 heterocycles. The number of hydrogen-bond acceptors (Lipinski definition) is 4. The molecule has 2 saturated heterocycles. The largest absolute Gasteiger partial charge is 0.355 e. The number of aliphatic imine (C=N–C) groups is 1. The summed E-state index contributed by atoms with van der Waals surface area (Å²) in [6.07, 6.45) is 5.47. The number of guanidine groups is 1. The van der Waals surface area contributed by atoms with Gasteiger partial charge in [-0.05, 0) is 45.8 Å². The Kier molecular flexibility index (Phi) is 9.87. The highest BCUT2D eigenvalue weighted by molar-refractivity contribution is 5.79. The van der Waals surface area contributed by atoms with Crippen LogP contribution in [0.5, 0.6) is 0 Å². The lowest BCUT2D eigenvalue weighted by molar-refractivity contribution is 0.120. The smallest absolute Gasteiger partial charge is 0.191 e. The lowest BCUT2D eigenvalue weighted by Gasteiger charge is -2.37. The van der Waals surface area contributed by atoms with Crippen molar-refractivity contribution in [1.29, 1.82) is 0 Å². The van der Waals surface area contributed by atoms with Gasteiger partial charge in [-0.2, -0.15) is 0 Å². The van der Waals surface area contributed by atoms with Gasteiger partial charge in [0.2, 0.25) is 0 Å². The van der Waals surface area contributed by atoms with Crippen molar-refractivity contribution in [3.63, 3.8) is 0 Å². The van der Waals surface area contributed by atoms with E-state index in [2.05, 4.69) is 58.1 Å². The molecule has 0 aromatic carbocycles. The molecular formula is C21H44N6. The normalized spacial score (nSPS) is 23.9. The van der Waals surface area contributed by atoms with Gasteiger partial charge in [-0.25, -0.2) is 0 Å². The Morgan fingerprint density at radius 2 is 1.41 bits per heavy atom. The molecular weight excluding hydrogens is 336 g/mol. The van der Waals surface area contributed by atoms with Gasteiger partial charge in [-0.15, -0.1) is 0 Å². The van der Waals surface area contributed by atoms with Gasteiger partial charge in [0, 0.05) is 58.4 Å². The fourth-order valence-electron chi connectivity index (χ4n) is 4.27. The summed E-state index contributed by atoms with van der Waals surface area (Å²) in [6.45, 7) is 16.1. The maximum Gasteiger partial charge on any atom is 0.191 e. The number of hydrogen-bond donors (Lipinski definition) is 2. The average Bonchev–Trinajstić information content (AvgIpc) is 2.94. The van der Waals surface area contributed by atoms with Crippen molar-refractivity contribution in [3.05, 3.63) is 0 Å². The maximum absolute atomic E-state index is 4.46. The van der Waals surface area contributed by atoms with E-state index in [1.165, 1.54) is 51.9 Å². The molecule has 0 radical (unpaired) electrons. The van der Waals surface area contributed by atoms with Crippen LogP contribution in [0.3, 0.4) is 0 Å². The lowest BCUT2D eigenvalue weighted by Crippen LogP contribution is -2.53. The van der Waals surface area contributed by atoms with Gasteiger partial charge < -0.3 is 15.5 Å². The molecule has 27 heavy (non-hydrogen) atoms. The second-order valence-electron chi connectivity index (χ2n) is 8.78. The van der Waals surface area contributed by atoms with Gasteiger partial charge in [-0.1, -0.05) is 26.7 Å². The first kappa shape index (κ1) is 22.4. The molecule has 6 nitrogen and oxygen atoms in total. The first-order valence-corrected chi connectivity index (χ1v) is 11.1. The Balaban J connectivity index is 1.77. The quantitative estimate of drug-likeness (QED) is 0.520. The summed E-state index contributed by atoms with van der Waals surface area (Å²) in [7, 11) is 4.09. The van der Waals surface area contributed by atoms with Crippen LogP contribution < -0.4 is 10.6 Å². The summed E-state index contributed by atoms with van der Waals surface area (Å²) >= 11 is 0. The van der Waals surface area contributed by atoms with Gasteiger partial charge in [-0.3, -0.25) is 14.8 Å². The van der Waals surface area contributed by atoms with E-state index >= 15 is 0 Å². The number of nitrogens with zero attached hydrogens (tertiary/aromatic N) is 4. The Hall–Kier alpha value is -0.850. The number of piperazine rings is 1. The standard InChI is InChI=1S/C21H44N6/c1-18(2)20(27-10-8-6-7-9-11-27)17-24-21(22-4)23-16-19(3)26-14-12-25(5)13-15-26/h18-20H,6-17H2,1-5H3,(H2,22,23,24). The van der Waals surface area contributed by atoms with Crippen LogP contribution in [-0.2, 0) is 0 Å². The first-order chi connectivity index (χ1) is 13.0. The number of rotatable bonds is 7. The molecule has 0 aromatic rings. The number of nitrogens with one attached hydrogen (secondary N) is 2. The molecule has 2 rings (SSSR count). The third-order valence-electron chi connectivity index (χ3n) is 6.31. The van der Waals surface area contributed by atoms with Crippen molar-refractivity contribution in [2.45, 2.75) is 58.5 Å². The van der Waals surface area contributed by atoms with Gasteiger partial charge in [0.15, 0.2) is 5.96 Å². The molecule has 0 saturated carbocycles. The van der Waals surface area contributed by atoms with E-state index in [1.54, 1.807) is 0 Å². The minimum atomic E-state index is 0.531. The van der Waals surface area contributed by atoms with E-state index < -0.39 is 0 Å². The highest BCUT2D eigenvalue weighted by Gasteiger charge is 2.23. The molecule has 0 aliphatic carbocycles. The lowest BCUT2D eigenvalue weighted by atomic mass is 10.0. The maximum atomic E-state index is 4.46. The van der Waals surface area contributed by atoms with E-state index in [-0.39, 0.29) is 0 Å². The van der Waals surface area contributed by atoms with Crippen molar-refractivity contribution in [2.24, 2.45) is 10.9 Å². The number of likely N-dealkylation sites (N-methyl/N-ethyl adjacent to an activating group) is 1. The van der Waals surface area contributed by atoms with Crippen LogP contribution in [0.25, 0.3) is 0 Å². The Morgan fingerprint density at radius 3 is 1.96 bits per heavy atom. The summed E-state index contributed by atoms with van der Waals surface area (Å²) in [5, 5.41) is 7.16. The van der Waals surface area contributed by atoms with Crippen molar-refractivity contribution in [1.82, 2.24) is 25.3 Å². The van der Waals surface area contributed by atoms with E-state index in [9.17, 15) is 0 Å². The minimum Gasteiger partial charge on any atom is -0.355 e. The summed E-state index contributed by atoms with van der Waals surface area (Å²) < 4.78 is 0. The van der Waals surface area contributed by atoms with Crippen LogP contribution in [0, 0.1) is 5.92 Å². The van der Waals surface area contributed by atoms with Gasteiger partial charge >= 0.3 is 0 Å². The van der Waals surface area contributed by atoms with Crippen LogP contribution in [0.2, 0.25) is 0 Å². The summed E-state index contributed by atoms with van der Waals surface area (Å²) in [4.78, 5) is 12.1. The number of likely N-dealkylation sites (tertiary alicyclic amines) is 1. The van der Waals surface area contributed by atoms with E-state index in [1.807, 2.05) is 7.05 Å². The zero-order valence-electron chi connectivity index (χ0n) is 18.5. The minimum absolute atomic E-state index is 0.531. The topological polar surface area (TPSA) is 46.1 Å². The molecule has 6 heteroatoms. The van der Waals surface area contributed by atoms with Crippen LogP contribution in [0.1, 0.15) is 46.5 Å². The van der Waals surface area contributed by atoms with Crippen LogP contribution in [0.15, 0.2) is 4.99 Å². The van der Waals surface area contributed by atoms with Crippen LogP contribution >= 0.6 is 0 Å². The molecule has 0 bridgehead atoms. The van der Waals surface area contributed by atoms with Crippen LogP contribution in [-0.4, -0.2) is 99.2 Å². The second-order valence-corrected chi connectivity index (χ2v) is 8.78. The molecule has 2 atom stereocenters. The van der Waals surface area contributed by atoms with Crippen molar-refractivity contribution in [2.75, 3.05) is 66.5 Å². The predicted octanol–water partition coefficient (Wildman–Crippen LogP) is 1.69. The average molecular weight is 381 g/mol. The molecule has 0 spiro atoms. The van der Waals surface area contributed by atoms with Gasteiger partial charge in [0.05, 0.1) is 0 Å². The first-order valence-electron chi connectivity index (χ1n) is 11.1. The SMILES string of the molecule is CN=C(NCC(C)N1CCN(C)CC1)NCC(C(C)C)N1CCCCCC1. The predicted molar refractivity (Wildman–Crippen MR) is 117 cm³/mol. The summed E-state index contributed by atoms with van der Waals surface area (Å²) in [5.74, 6) is 1.59. The molecule has 2 aliphatic heterocycles. The molecule has 0 aromatic heterocycles. The molecule has 158 valence electrons. The van der Waals surface area contributed by atoms with Crippen LogP contribution in [0.4, 0.5) is 0 Å². The fourth-order valence-corrected chi connectivity index (χ4v) is 4.27. The van der Waals surface area contributed by atoms with Crippen molar-refractivity contribution < 1.29 is 0 Å². The Bertz CT molecular complexity index is 422. The Labute approximate surface area is 167 Å². The van der Waals surface area contributed by atoms with Gasteiger partial charge in [0.1, 0.15) is 0 Å². The van der Waals surface area contributed by atoms with Crippen molar-refractivity contribution in [3.8, 4) is 0 Å². The third-order valence-corrected chi connectivity index (χ3v) is 6.31. The second kappa shape index (κ2) is 11.9. The fraction of sp³-hybridized carbons (Fsp3) is 0.952. The zero-order valence-corrected chi connectivity index (χ0v) is 18.5. The summed E-state index contributed by atoms with van der Waals surface area (Å²) in [5.41, 5.74) is 0. The monoisotopic (exact) mass is 380 g/mol. The molecule has 0 amide bonds. The third kappa shape index (κ3) is 7.59. The van der Waals surface area contributed by atoms with E-state index in [0.717, 1.165) is 32.1 Å². The molecule has 2 fully saturated rings. The van der Waals surface area contributed by atoms with Crippen molar-refractivity contribution >= 4 is 5.96 Å². The molecule has 2 unspecified atom stereocenters. The van der Waals surface area contributed by atoms with Gasteiger partial charge in [0.25, 0.3) is 0 Å². The zero-order chi connectivity index (χ0) is 19.6. The summed E-state index contributed by atoms with van der Waals surface area (Å²) in [6, 6.07) is 1.11. The van der Waals surface area contributed by atoms with E-state index in [0.29, 0.717) is 18.0 Å². The molecule has 2 aliphatic rings. The van der Waals surface area contributed by atoms with E-state index in [4.69, 9.17) is 0 Å².